The lowest BCUT2D eigenvalue weighted by Crippen LogP contribution is -2.51. The van der Waals surface area contributed by atoms with Gasteiger partial charge in [-0.3, -0.25) is 4.79 Å². The van der Waals surface area contributed by atoms with Crippen LogP contribution in [0, 0.1) is 0 Å². The molecule has 2 amide bonds. The first kappa shape index (κ1) is 16.8. The van der Waals surface area contributed by atoms with Crippen LogP contribution in [-0.2, 0) is 9.53 Å². The maximum atomic E-state index is 11.8. The number of carbonyl (C=O) groups excluding carboxylic acids is 2. The summed E-state index contributed by atoms with van der Waals surface area (Å²) in [5, 5.41) is 15.3. The Morgan fingerprint density at radius 3 is 2.60 bits per heavy atom. The Balaban J connectivity index is 2.61. The van der Waals surface area contributed by atoms with Crippen molar-refractivity contribution in [2.75, 3.05) is 6.54 Å². The molecule has 1 saturated heterocycles. The van der Waals surface area contributed by atoms with Crippen LogP contribution in [0.4, 0.5) is 4.79 Å². The third-order valence-electron chi connectivity index (χ3n) is 3.09. The van der Waals surface area contributed by atoms with E-state index in [2.05, 4.69) is 10.6 Å². The largest absolute Gasteiger partial charge is 0.444 e. The van der Waals surface area contributed by atoms with E-state index in [0.717, 1.165) is 25.7 Å². The van der Waals surface area contributed by atoms with E-state index in [9.17, 15) is 14.7 Å². The lowest BCUT2D eigenvalue weighted by Gasteiger charge is -2.27. The minimum atomic E-state index is -1.24. The van der Waals surface area contributed by atoms with Gasteiger partial charge in [0.05, 0.1) is 6.04 Å². The maximum absolute atomic E-state index is 11.8. The number of aliphatic hydroxyl groups excluding tert-OH is 1. The highest BCUT2D eigenvalue weighted by molar-refractivity contribution is 5.82. The minimum absolute atomic E-state index is 0.437. The van der Waals surface area contributed by atoms with Crippen molar-refractivity contribution in [3.63, 3.8) is 0 Å². The first-order valence-electron chi connectivity index (χ1n) is 7.25. The van der Waals surface area contributed by atoms with Crippen molar-refractivity contribution in [3.8, 4) is 0 Å². The number of carbonyl (C=O) groups is 2. The van der Waals surface area contributed by atoms with Gasteiger partial charge >= 0.3 is 6.09 Å². The number of ether oxygens (including phenoxy) is 1. The number of aliphatic hydroxyl groups is 1. The van der Waals surface area contributed by atoms with E-state index in [1.807, 2.05) is 0 Å². The van der Waals surface area contributed by atoms with Gasteiger partial charge in [0, 0.05) is 6.54 Å². The molecule has 1 fully saturated rings. The van der Waals surface area contributed by atoms with Crippen LogP contribution < -0.4 is 10.6 Å². The van der Waals surface area contributed by atoms with Crippen LogP contribution in [0.1, 0.15) is 52.9 Å². The lowest BCUT2D eigenvalue weighted by atomic mass is 10.0. The monoisotopic (exact) mass is 286 g/mol. The highest BCUT2D eigenvalue weighted by atomic mass is 16.6. The van der Waals surface area contributed by atoms with Gasteiger partial charge in [0.25, 0.3) is 5.91 Å². The van der Waals surface area contributed by atoms with Crippen LogP contribution >= 0.6 is 0 Å². The summed E-state index contributed by atoms with van der Waals surface area (Å²) in [4.78, 5) is 23.5. The van der Waals surface area contributed by atoms with Gasteiger partial charge in [0.1, 0.15) is 5.60 Å². The number of nitrogens with one attached hydrogen (secondary N) is 2. The molecule has 1 aliphatic heterocycles. The molecule has 0 spiro atoms. The molecule has 20 heavy (non-hydrogen) atoms. The van der Waals surface area contributed by atoms with Crippen LogP contribution in [0.25, 0.3) is 0 Å². The van der Waals surface area contributed by atoms with Crippen molar-refractivity contribution in [1.29, 1.82) is 0 Å². The third-order valence-corrected chi connectivity index (χ3v) is 3.09. The summed E-state index contributed by atoms with van der Waals surface area (Å²) in [6.07, 6.45) is 2.57. The Bertz CT molecular complexity index is 339. The molecule has 0 aromatic carbocycles. The molecule has 0 aliphatic carbocycles. The SMILES string of the molecule is CC(C)(C)OC(=O)N[C@H]1CCCCCCNC(=O)C1O. The van der Waals surface area contributed by atoms with E-state index in [1.165, 1.54) is 0 Å². The van der Waals surface area contributed by atoms with E-state index in [4.69, 9.17) is 4.74 Å². The number of alkyl carbamates (subject to hydrolysis) is 1. The van der Waals surface area contributed by atoms with E-state index >= 15 is 0 Å². The summed E-state index contributed by atoms with van der Waals surface area (Å²) in [6, 6.07) is -0.608. The second-order valence-corrected chi connectivity index (χ2v) is 6.19. The summed E-state index contributed by atoms with van der Waals surface area (Å²) in [5.41, 5.74) is -0.604. The van der Waals surface area contributed by atoms with Gasteiger partial charge in [-0.05, 0) is 33.6 Å². The molecule has 1 rings (SSSR count). The van der Waals surface area contributed by atoms with Crippen molar-refractivity contribution in [2.45, 2.75) is 70.6 Å². The molecule has 1 aliphatic rings. The molecule has 116 valence electrons. The molecular formula is C14H26N2O4. The van der Waals surface area contributed by atoms with Crippen molar-refractivity contribution in [2.24, 2.45) is 0 Å². The molecular weight excluding hydrogens is 260 g/mol. The fourth-order valence-corrected chi connectivity index (χ4v) is 2.11. The average Bonchev–Trinajstić information content (AvgIpc) is 2.32. The first-order valence-corrected chi connectivity index (χ1v) is 7.25. The zero-order chi connectivity index (χ0) is 15.2. The van der Waals surface area contributed by atoms with Gasteiger partial charge in [-0.1, -0.05) is 19.3 Å². The van der Waals surface area contributed by atoms with E-state index in [-0.39, 0.29) is 0 Å². The maximum Gasteiger partial charge on any atom is 0.407 e. The van der Waals surface area contributed by atoms with E-state index in [1.54, 1.807) is 20.8 Å². The zero-order valence-electron chi connectivity index (χ0n) is 12.6. The molecule has 6 nitrogen and oxygen atoms in total. The van der Waals surface area contributed by atoms with E-state index < -0.39 is 29.7 Å². The Kier molecular flexibility index (Phi) is 6.26. The zero-order valence-corrected chi connectivity index (χ0v) is 12.6. The molecule has 1 heterocycles. The van der Waals surface area contributed by atoms with Crippen molar-refractivity contribution >= 4 is 12.0 Å². The number of hydrogen-bond acceptors (Lipinski definition) is 4. The van der Waals surface area contributed by atoms with Crippen molar-refractivity contribution in [3.05, 3.63) is 0 Å². The topological polar surface area (TPSA) is 87.7 Å². The summed E-state index contributed by atoms with van der Waals surface area (Å²) in [7, 11) is 0. The smallest absolute Gasteiger partial charge is 0.407 e. The van der Waals surface area contributed by atoms with Gasteiger partial charge in [0.15, 0.2) is 6.10 Å². The van der Waals surface area contributed by atoms with Crippen LogP contribution in [-0.4, -0.2) is 41.4 Å². The predicted octanol–water partition coefficient (Wildman–Crippen LogP) is 1.32. The Labute approximate surface area is 120 Å². The van der Waals surface area contributed by atoms with Crippen molar-refractivity contribution in [1.82, 2.24) is 10.6 Å². The Morgan fingerprint density at radius 1 is 1.30 bits per heavy atom. The van der Waals surface area contributed by atoms with Crippen LogP contribution in [0.3, 0.4) is 0 Å². The fourth-order valence-electron chi connectivity index (χ4n) is 2.11. The van der Waals surface area contributed by atoms with Gasteiger partial charge in [-0.25, -0.2) is 4.79 Å². The molecule has 0 bridgehead atoms. The van der Waals surface area contributed by atoms with Gasteiger partial charge < -0.3 is 20.5 Å². The molecule has 0 aromatic heterocycles. The minimum Gasteiger partial charge on any atom is -0.444 e. The summed E-state index contributed by atoms with van der Waals surface area (Å²) < 4.78 is 5.16. The standard InChI is InChI=1S/C14H26N2O4/c1-14(2,3)20-13(19)16-10-8-6-4-5-7-9-15-12(18)11(10)17/h10-11,17H,4-9H2,1-3H3,(H,15,18)(H,16,19)/t10-,11?/m0/s1. The number of amides is 2. The molecule has 6 heteroatoms. The fraction of sp³-hybridized carbons (Fsp3) is 0.857. The molecule has 0 radical (unpaired) electrons. The number of rotatable bonds is 1. The quantitative estimate of drug-likeness (QED) is 0.678. The van der Waals surface area contributed by atoms with Crippen LogP contribution in [0.5, 0.6) is 0 Å². The van der Waals surface area contributed by atoms with Gasteiger partial charge in [-0.15, -0.1) is 0 Å². The molecule has 0 saturated carbocycles. The Hall–Kier alpha value is -1.30. The van der Waals surface area contributed by atoms with Gasteiger partial charge in [-0.2, -0.15) is 0 Å². The Morgan fingerprint density at radius 2 is 1.95 bits per heavy atom. The second kappa shape index (κ2) is 7.47. The highest BCUT2D eigenvalue weighted by Gasteiger charge is 2.29. The normalized spacial score (nSPS) is 25.5. The predicted molar refractivity (Wildman–Crippen MR) is 75.3 cm³/mol. The third kappa shape index (κ3) is 6.23. The lowest BCUT2D eigenvalue weighted by molar-refractivity contribution is -0.130. The molecule has 0 aromatic rings. The summed E-state index contributed by atoms with van der Waals surface area (Å²) in [5.74, 6) is -0.437. The van der Waals surface area contributed by atoms with Crippen molar-refractivity contribution < 1.29 is 19.4 Å². The second-order valence-electron chi connectivity index (χ2n) is 6.19. The van der Waals surface area contributed by atoms with Gasteiger partial charge in [0.2, 0.25) is 0 Å². The molecule has 2 atom stereocenters. The molecule has 3 N–H and O–H groups in total. The average molecular weight is 286 g/mol. The molecule has 1 unspecified atom stereocenters. The summed E-state index contributed by atoms with van der Waals surface area (Å²) in [6.45, 7) is 5.87. The van der Waals surface area contributed by atoms with Crippen LogP contribution in [0.15, 0.2) is 0 Å². The highest BCUT2D eigenvalue weighted by Crippen LogP contribution is 2.12. The first-order chi connectivity index (χ1) is 9.29. The number of hydrogen-bond donors (Lipinski definition) is 3. The van der Waals surface area contributed by atoms with E-state index in [0.29, 0.717) is 13.0 Å². The summed E-state index contributed by atoms with van der Waals surface area (Å²) >= 11 is 0. The van der Waals surface area contributed by atoms with Crippen LogP contribution in [0.2, 0.25) is 0 Å².